The molecule has 2 aromatic heterocycles. The first-order chi connectivity index (χ1) is 21.9. The lowest BCUT2D eigenvalue weighted by Crippen LogP contribution is -2.54. The fourth-order valence-corrected chi connectivity index (χ4v) is 6.30. The van der Waals surface area contributed by atoms with Gasteiger partial charge in [0.2, 0.25) is 16.9 Å². The number of rotatable bonds is 7. The fourth-order valence-electron chi connectivity index (χ4n) is 6.00. The molecule has 0 radical (unpaired) electrons. The highest BCUT2D eigenvalue weighted by Gasteiger charge is 2.46. The summed E-state index contributed by atoms with van der Waals surface area (Å²) in [5.74, 6) is -1.17. The molecule has 0 saturated carbocycles. The van der Waals surface area contributed by atoms with Crippen molar-refractivity contribution in [3.8, 4) is 16.9 Å². The van der Waals surface area contributed by atoms with Crippen LogP contribution in [0.1, 0.15) is 35.1 Å². The van der Waals surface area contributed by atoms with Gasteiger partial charge in [0, 0.05) is 58.7 Å². The molecule has 1 aliphatic carbocycles. The summed E-state index contributed by atoms with van der Waals surface area (Å²) in [4.78, 5) is 49.1. The van der Waals surface area contributed by atoms with E-state index >= 15 is 4.39 Å². The molecule has 0 spiro atoms. The number of aromatic hydroxyl groups is 1. The zero-order valence-electron chi connectivity index (χ0n) is 25.0. The number of benzene rings is 2. The van der Waals surface area contributed by atoms with Crippen LogP contribution in [0.2, 0.25) is 0 Å². The van der Waals surface area contributed by atoms with Crippen molar-refractivity contribution < 1.29 is 28.3 Å². The first-order valence-electron chi connectivity index (χ1n) is 14.7. The van der Waals surface area contributed by atoms with Gasteiger partial charge in [0.15, 0.2) is 5.78 Å². The Morgan fingerprint density at radius 2 is 1.85 bits per heavy atom. The summed E-state index contributed by atoms with van der Waals surface area (Å²) in [5, 5.41) is 11.5. The van der Waals surface area contributed by atoms with Crippen LogP contribution in [0.5, 0.6) is 5.75 Å². The summed E-state index contributed by atoms with van der Waals surface area (Å²) < 4.78 is 32.2. The number of hydrogen-bond acceptors (Lipinski definition) is 6. The molecule has 3 unspecified atom stereocenters. The van der Waals surface area contributed by atoms with E-state index in [1.807, 2.05) is 0 Å². The molecule has 6 rings (SSSR count). The predicted molar refractivity (Wildman–Crippen MR) is 170 cm³/mol. The van der Waals surface area contributed by atoms with Crippen molar-refractivity contribution in [3.05, 3.63) is 96.2 Å². The van der Waals surface area contributed by atoms with Crippen molar-refractivity contribution in [3.63, 3.8) is 0 Å². The molecule has 236 valence electrons. The highest BCUT2D eigenvalue weighted by molar-refractivity contribution is 6.30. The van der Waals surface area contributed by atoms with Gasteiger partial charge in [-0.25, -0.2) is 18.7 Å². The van der Waals surface area contributed by atoms with E-state index < -0.39 is 35.2 Å². The van der Waals surface area contributed by atoms with Crippen LogP contribution in [0.4, 0.5) is 8.78 Å². The maximum absolute atomic E-state index is 16.0. The number of hydrogen-bond donors (Lipinski definition) is 2. The third-order valence-corrected chi connectivity index (χ3v) is 8.79. The number of carbonyl (C=O) groups is 3. The lowest BCUT2D eigenvalue weighted by Gasteiger charge is -2.33. The summed E-state index contributed by atoms with van der Waals surface area (Å²) in [6, 6.07) is 9.24. The Kier molecular flexibility index (Phi) is 8.20. The number of Topliss-reactive ketones (excluding diaryl/α,β-unsaturated/α-hetero) is 1. The molecule has 1 fully saturated rings. The van der Waals surface area contributed by atoms with E-state index in [1.165, 1.54) is 35.9 Å². The Hall–Kier alpha value is -4.90. The molecule has 4 atom stereocenters. The second-order valence-corrected chi connectivity index (χ2v) is 12.0. The van der Waals surface area contributed by atoms with Crippen LogP contribution >= 0.6 is 11.6 Å². The molecular formula is C34H30ClF2N5O4. The number of alkyl halides is 3. The van der Waals surface area contributed by atoms with Gasteiger partial charge in [0.05, 0.1) is 12.1 Å². The number of ketones is 1. The largest absolute Gasteiger partial charge is 0.507 e. The Labute approximate surface area is 268 Å². The minimum atomic E-state index is -2.49. The molecule has 2 aliphatic rings. The number of nitrogens with zero attached hydrogens (tertiary/aromatic N) is 4. The SMILES string of the molecule is CC(=O)c1cn(CC(=O)N2C[C@H](F)CC2C(=O)NC2C=CC=C(c3ccccc3)C2(F)Cl)c2cc(O)c(-c3cnc(C)nc3)cc12. The number of halogens is 3. The van der Waals surface area contributed by atoms with Crippen molar-refractivity contribution in [2.45, 2.75) is 50.2 Å². The van der Waals surface area contributed by atoms with Gasteiger partial charge in [-0.2, -0.15) is 0 Å². The van der Waals surface area contributed by atoms with Crippen LogP contribution in [0.15, 0.2) is 79.3 Å². The molecule has 0 bridgehead atoms. The highest BCUT2D eigenvalue weighted by atomic mass is 35.5. The van der Waals surface area contributed by atoms with Gasteiger partial charge in [0.25, 0.3) is 0 Å². The van der Waals surface area contributed by atoms with Crippen molar-refractivity contribution >= 4 is 45.7 Å². The number of likely N-dealkylation sites (tertiary alicyclic amines) is 1. The maximum Gasteiger partial charge on any atom is 0.243 e. The Morgan fingerprint density at radius 3 is 2.54 bits per heavy atom. The molecular weight excluding hydrogens is 616 g/mol. The monoisotopic (exact) mass is 645 g/mol. The first-order valence-corrected chi connectivity index (χ1v) is 15.0. The minimum Gasteiger partial charge on any atom is -0.507 e. The average Bonchev–Trinajstić information content (AvgIpc) is 3.59. The number of nitrogens with one attached hydrogen (secondary N) is 1. The summed E-state index contributed by atoms with van der Waals surface area (Å²) >= 11 is 6.36. The van der Waals surface area contributed by atoms with E-state index in [2.05, 4.69) is 15.3 Å². The second-order valence-electron chi connectivity index (χ2n) is 11.5. The molecule has 4 aromatic rings. The van der Waals surface area contributed by atoms with Gasteiger partial charge in [-0.3, -0.25) is 14.4 Å². The van der Waals surface area contributed by atoms with E-state index in [0.29, 0.717) is 39.0 Å². The van der Waals surface area contributed by atoms with Crippen LogP contribution in [-0.4, -0.2) is 72.1 Å². The van der Waals surface area contributed by atoms with Crippen molar-refractivity contribution in [1.29, 1.82) is 0 Å². The smallest absolute Gasteiger partial charge is 0.243 e. The van der Waals surface area contributed by atoms with Crippen LogP contribution in [-0.2, 0) is 16.1 Å². The Bertz CT molecular complexity index is 1910. The number of aryl methyl sites for hydroxylation is 1. The van der Waals surface area contributed by atoms with E-state index in [1.54, 1.807) is 61.8 Å². The van der Waals surface area contributed by atoms with Gasteiger partial charge in [0.1, 0.15) is 36.4 Å². The number of phenols is 1. The molecule has 2 N–H and O–H groups in total. The predicted octanol–water partition coefficient (Wildman–Crippen LogP) is 5.30. The summed E-state index contributed by atoms with van der Waals surface area (Å²) in [6.07, 6.45) is 7.37. The van der Waals surface area contributed by atoms with E-state index in [-0.39, 0.29) is 36.6 Å². The van der Waals surface area contributed by atoms with Crippen molar-refractivity contribution in [2.24, 2.45) is 0 Å². The summed E-state index contributed by atoms with van der Waals surface area (Å²) in [7, 11) is 0. The first kappa shape index (κ1) is 31.1. The third-order valence-electron chi connectivity index (χ3n) is 8.35. The van der Waals surface area contributed by atoms with E-state index in [0.717, 1.165) is 4.90 Å². The van der Waals surface area contributed by atoms with E-state index in [9.17, 15) is 23.9 Å². The number of amides is 2. The van der Waals surface area contributed by atoms with Gasteiger partial charge >= 0.3 is 0 Å². The van der Waals surface area contributed by atoms with Gasteiger partial charge < -0.3 is 19.9 Å². The van der Waals surface area contributed by atoms with Crippen LogP contribution in [0.25, 0.3) is 27.6 Å². The number of carbonyl (C=O) groups excluding carboxylic acids is 3. The topological polar surface area (TPSA) is 117 Å². The van der Waals surface area contributed by atoms with E-state index in [4.69, 9.17) is 11.6 Å². The quantitative estimate of drug-likeness (QED) is 0.208. The van der Waals surface area contributed by atoms with Crippen LogP contribution in [0.3, 0.4) is 0 Å². The Morgan fingerprint density at radius 1 is 1.13 bits per heavy atom. The molecule has 2 amide bonds. The van der Waals surface area contributed by atoms with Crippen molar-refractivity contribution in [2.75, 3.05) is 6.54 Å². The standard InChI is InChI=1S/C34H30ClF2N5O4/c1-19(43)26-17-41(28-13-30(44)24(12-25(26)28)22-14-38-20(2)39-15-22)18-32(45)42-16-23(36)11-29(42)33(46)40-31-10-6-9-27(34(31,35)37)21-7-4-3-5-8-21/h3-10,12-15,17,23,29,31,44H,11,16,18H2,1-2H3,(H,40,46)/t23-,29?,31?,34?/m1/s1. The lowest BCUT2D eigenvalue weighted by molar-refractivity contribution is -0.139. The van der Waals surface area contributed by atoms with Gasteiger partial charge in [-0.05, 0) is 25.5 Å². The summed E-state index contributed by atoms with van der Waals surface area (Å²) in [5.41, 5.74) is 2.34. The van der Waals surface area contributed by atoms with Crippen LogP contribution < -0.4 is 5.32 Å². The molecule has 1 aliphatic heterocycles. The van der Waals surface area contributed by atoms with Gasteiger partial charge in [-0.1, -0.05) is 60.2 Å². The highest BCUT2D eigenvalue weighted by Crippen LogP contribution is 2.41. The minimum absolute atomic E-state index is 0.121. The molecule has 1 saturated heterocycles. The summed E-state index contributed by atoms with van der Waals surface area (Å²) in [6.45, 7) is 2.43. The molecule has 46 heavy (non-hydrogen) atoms. The number of fused-ring (bicyclic) bond motifs is 1. The van der Waals surface area contributed by atoms with Crippen LogP contribution in [0, 0.1) is 6.92 Å². The zero-order chi connectivity index (χ0) is 32.7. The normalized spacial score (nSPS) is 22.6. The average molecular weight is 646 g/mol. The number of allylic oxidation sites excluding steroid dienone is 2. The van der Waals surface area contributed by atoms with Gasteiger partial charge in [-0.15, -0.1) is 0 Å². The third kappa shape index (κ3) is 5.78. The second kappa shape index (κ2) is 12.1. The number of aromatic nitrogens is 3. The molecule has 12 heteroatoms. The molecule has 3 heterocycles. The number of phenolic OH excluding ortho intramolecular Hbond substituents is 1. The maximum atomic E-state index is 16.0. The Balaban J connectivity index is 1.24. The molecule has 9 nitrogen and oxygen atoms in total. The lowest BCUT2D eigenvalue weighted by atomic mass is 9.91. The zero-order valence-corrected chi connectivity index (χ0v) is 25.7. The fraction of sp³-hybridized carbons (Fsp3) is 0.265. The molecule has 2 aromatic carbocycles. The van der Waals surface area contributed by atoms with Crippen molar-refractivity contribution in [1.82, 2.24) is 24.8 Å².